The fourth-order valence-electron chi connectivity index (χ4n) is 2.96. The first-order valence-electron chi connectivity index (χ1n) is 7.76. The fraction of sp³-hybridized carbons (Fsp3) is 0.625. The first kappa shape index (κ1) is 13.6. The summed E-state index contributed by atoms with van der Waals surface area (Å²) in [7, 11) is 0. The lowest BCUT2D eigenvalue weighted by molar-refractivity contribution is -0.105. The van der Waals surface area contributed by atoms with Crippen molar-refractivity contribution in [3.8, 4) is 5.75 Å². The largest absolute Gasteiger partial charge is 0.465 e. The van der Waals surface area contributed by atoms with Crippen LogP contribution in [0.1, 0.15) is 38.5 Å². The number of benzene rings is 1. The molecule has 4 heteroatoms. The van der Waals surface area contributed by atoms with Gasteiger partial charge in [0, 0.05) is 25.6 Å². The molecule has 1 unspecified atom stereocenters. The molecule has 0 saturated carbocycles. The van der Waals surface area contributed by atoms with Crippen LogP contribution in [0.5, 0.6) is 5.75 Å². The second kappa shape index (κ2) is 6.35. The quantitative estimate of drug-likeness (QED) is 0.861. The monoisotopic (exact) mass is 276 g/mol. The minimum atomic E-state index is -0.0958. The third-order valence-electron chi connectivity index (χ3n) is 4.10. The number of rotatable bonds is 3. The van der Waals surface area contributed by atoms with E-state index >= 15 is 0 Å². The predicted octanol–water partition coefficient (Wildman–Crippen LogP) is 3.16. The smallest absolute Gasteiger partial charge is 0.199 e. The van der Waals surface area contributed by atoms with E-state index in [1.165, 1.54) is 25.7 Å². The van der Waals surface area contributed by atoms with Crippen molar-refractivity contribution in [2.45, 2.75) is 44.8 Å². The highest BCUT2D eigenvalue weighted by molar-refractivity contribution is 5.69. The first-order valence-corrected chi connectivity index (χ1v) is 7.76. The Labute approximate surface area is 120 Å². The first-order chi connectivity index (χ1) is 9.83. The Morgan fingerprint density at radius 1 is 1.10 bits per heavy atom. The van der Waals surface area contributed by atoms with E-state index in [1.807, 2.05) is 12.1 Å². The summed E-state index contributed by atoms with van der Waals surface area (Å²) in [5, 5.41) is 0. The molecule has 110 valence electrons. The van der Waals surface area contributed by atoms with E-state index in [-0.39, 0.29) is 6.29 Å². The van der Waals surface area contributed by atoms with E-state index in [2.05, 4.69) is 11.0 Å². The van der Waals surface area contributed by atoms with Crippen molar-refractivity contribution in [2.75, 3.05) is 30.3 Å². The maximum atomic E-state index is 6.12. The molecule has 0 aliphatic carbocycles. The molecule has 2 saturated heterocycles. The summed E-state index contributed by atoms with van der Waals surface area (Å²) in [4.78, 5) is 2.37. The van der Waals surface area contributed by atoms with Crippen LogP contribution in [0.2, 0.25) is 0 Å². The fourth-order valence-corrected chi connectivity index (χ4v) is 2.96. The van der Waals surface area contributed by atoms with Crippen molar-refractivity contribution in [3.63, 3.8) is 0 Å². The third kappa shape index (κ3) is 3.18. The van der Waals surface area contributed by atoms with Gasteiger partial charge in [0.05, 0.1) is 18.0 Å². The maximum Gasteiger partial charge on any atom is 0.199 e. The lowest BCUT2D eigenvalue weighted by atomic mass is 10.1. The normalized spacial score (nSPS) is 23.6. The van der Waals surface area contributed by atoms with Gasteiger partial charge >= 0.3 is 0 Å². The molecular weight excluding hydrogens is 252 g/mol. The van der Waals surface area contributed by atoms with Gasteiger partial charge in [0.15, 0.2) is 6.29 Å². The lowest BCUT2D eigenvalue weighted by Gasteiger charge is -2.30. The summed E-state index contributed by atoms with van der Waals surface area (Å²) in [6.07, 6.45) is 7.01. The summed E-state index contributed by atoms with van der Waals surface area (Å²) in [5.74, 6) is 0.867. The molecule has 0 aromatic heterocycles. The van der Waals surface area contributed by atoms with Crippen molar-refractivity contribution in [3.05, 3.63) is 18.2 Å². The van der Waals surface area contributed by atoms with E-state index in [0.717, 1.165) is 49.7 Å². The van der Waals surface area contributed by atoms with Crippen LogP contribution in [0.15, 0.2) is 18.2 Å². The van der Waals surface area contributed by atoms with Gasteiger partial charge in [-0.05, 0) is 44.2 Å². The van der Waals surface area contributed by atoms with Crippen LogP contribution in [0.3, 0.4) is 0 Å². The van der Waals surface area contributed by atoms with Crippen LogP contribution in [0.4, 0.5) is 11.4 Å². The van der Waals surface area contributed by atoms with Gasteiger partial charge < -0.3 is 20.1 Å². The molecule has 0 bridgehead atoms. The average molecular weight is 276 g/mol. The molecule has 1 aromatic carbocycles. The SMILES string of the molecule is Nc1ccc(OC2CCCCO2)cc1N1CCCCC1. The van der Waals surface area contributed by atoms with Crippen molar-refractivity contribution in [1.82, 2.24) is 0 Å². The molecule has 2 heterocycles. The Morgan fingerprint density at radius 2 is 1.95 bits per heavy atom. The zero-order chi connectivity index (χ0) is 13.8. The topological polar surface area (TPSA) is 47.7 Å². The number of hydrogen-bond donors (Lipinski definition) is 1. The van der Waals surface area contributed by atoms with E-state index in [1.54, 1.807) is 0 Å². The zero-order valence-corrected chi connectivity index (χ0v) is 12.0. The van der Waals surface area contributed by atoms with Crippen molar-refractivity contribution < 1.29 is 9.47 Å². The third-order valence-corrected chi connectivity index (χ3v) is 4.10. The number of nitrogens with two attached hydrogens (primary N) is 1. The van der Waals surface area contributed by atoms with Gasteiger partial charge in [0.2, 0.25) is 0 Å². The number of anilines is 2. The molecule has 3 rings (SSSR count). The van der Waals surface area contributed by atoms with Gasteiger partial charge in [-0.15, -0.1) is 0 Å². The Morgan fingerprint density at radius 3 is 2.70 bits per heavy atom. The van der Waals surface area contributed by atoms with Gasteiger partial charge in [-0.1, -0.05) is 0 Å². The summed E-state index contributed by atoms with van der Waals surface area (Å²) in [6.45, 7) is 2.99. The summed E-state index contributed by atoms with van der Waals surface area (Å²) in [6, 6.07) is 5.96. The number of nitrogen functional groups attached to an aromatic ring is 1. The second-order valence-corrected chi connectivity index (χ2v) is 5.68. The summed E-state index contributed by atoms with van der Waals surface area (Å²) in [5.41, 5.74) is 8.07. The number of ether oxygens (including phenoxy) is 2. The van der Waals surface area contributed by atoms with Gasteiger partial charge in [-0.3, -0.25) is 0 Å². The second-order valence-electron chi connectivity index (χ2n) is 5.68. The maximum absolute atomic E-state index is 6.12. The molecule has 0 radical (unpaired) electrons. The van der Waals surface area contributed by atoms with Crippen LogP contribution in [0.25, 0.3) is 0 Å². The van der Waals surface area contributed by atoms with Crippen LogP contribution < -0.4 is 15.4 Å². The van der Waals surface area contributed by atoms with Gasteiger partial charge in [-0.2, -0.15) is 0 Å². The Balaban J connectivity index is 1.71. The van der Waals surface area contributed by atoms with E-state index in [9.17, 15) is 0 Å². The standard InChI is InChI=1S/C16H24N2O2/c17-14-8-7-13(20-16-6-2-5-11-19-16)12-15(14)18-9-3-1-4-10-18/h7-8,12,16H,1-6,9-11,17H2. The molecule has 1 atom stereocenters. The van der Waals surface area contributed by atoms with Gasteiger partial charge in [0.25, 0.3) is 0 Å². The van der Waals surface area contributed by atoms with Crippen LogP contribution >= 0.6 is 0 Å². The van der Waals surface area contributed by atoms with E-state index < -0.39 is 0 Å². The molecular formula is C16H24N2O2. The van der Waals surface area contributed by atoms with E-state index in [0.29, 0.717) is 0 Å². The van der Waals surface area contributed by atoms with Crippen LogP contribution in [0, 0.1) is 0 Å². The Bertz CT molecular complexity index is 438. The van der Waals surface area contributed by atoms with Crippen LogP contribution in [-0.4, -0.2) is 26.0 Å². The van der Waals surface area contributed by atoms with Crippen molar-refractivity contribution in [1.29, 1.82) is 0 Å². The molecule has 4 nitrogen and oxygen atoms in total. The van der Waals surface area contributed by atoms with Crippen LogP contribution in [-0.2, 0) is 4.74 Å². The Hall–Kier alpha value is -1.42. The van der Waals surface area contributed by atoms with Crippen molar-refractivity contribution >= 4 is 11.4 Å². The molecule has 2 aliphatic rings. The molecule has 0 amide bonds. The summed E-state index contributed by atoms with van der Waals surface area (Å²) < 4.78 is 11.6. The zero-order valence-electron chi connectivity index (χ0n) is 12.0. The predicted molar refractivity (Wildman–Crippen MR) is 81.1 cm³/mol. The molecule has 2 aliphatic heterocycles. The molecule has 1 aromatic rings. The number of hydrogen-bond acceptors (Lipinski definition) is 4. The minimum Gasteiger partial charge on any atom is -0.465 e. The summed E-state index contributed by atoms with van der Waals surface area (Å²) >= 11 is 0. The van der Waals surface area contributed by atoms with Crippen molar-refractivity contribution in [2.24, 2.45) is 0 Å². The number of nitrogens with zero attached hydrogens (tertiary/aromatic N) is 1. The minimum absolute atomic E-state index is 0.0958. The van der Waals surface area contributed by atoms with Gasteiger partial charge in [0.1, 0.15) is 5.75 Å². The number of piperidine rings is 1. The van der Waals surface area contributed by atoms with Gasteiger partial charge in [-0.25, -0.2) is 0 Å². The molecule has 2 fully saturated rings. The highest BCUT2D eigenvalue weighted by atomic mass is 16.7. The lowest BCUT2D eigenvalue weighted by Crippen LogP contribution is -2.30. The highest BCUT2D eigenvalue weighted by Crippen LogP contribution is 2.31. The Kier molecular flexibility index (Phi) is 4.31. The molecule has 20 heavy (non-hydrogen) atoms. The highest BCUT2D eigenvalue weighted by Gasteiger charge is 2.18. The average Bonchev–Trinajstić information content (AvgIpc) is 2.51. The molecule has 0 spiro atoms. The van der Waals surface area contributed by atoms with E-state index in [4.69, 9.17) is 15.2 Å². The molecule has 2 N–H and O–H groups in total.